The van der Waals surface area contributed by atoms with E-state index in [-0.39, 0.29) is 19.2 Å². The van der Waals surface area contributed by atoms with Gasteiger partial charge in [0.2, 0.25) is 0 Å². The molecule has 0 aromatic rings. The Morgan fingerprint density at radius 1 is 0.354 bits per heavy atom. The van der Waals surface area contributed by atoms with Gasteiger partial charge in [0.05, 0.1) is 126 Å². The topological polar surface area (TPSA) is 130 Å². The summed E-state index contributed by atoms with van der Waals surface area (Å²) in [4.78, 5) is 11.8. The van der Waals surface area contributed by atoms with E-state index >= 15 is 0 Å². The van der Waals surface area contributed by atoms with Gasteiger partial charge in [-0.15, -0.1) is 0 Å². The third-order valence-corrected chi connectivity index (χ3v) is 7.19. The predicted molar refractivity (Wildman–Crippen MR) is 186 cm³/mol. The molecule has 0 spiro atoms. The summed E-state index contributed by atoms with van der Waals surface area (Å²) in [6.45, 7) is 11.2. The van der Waals surface area contributed by atoms with Gasteiger partial charge in [0.15, 0.2) is 0 Å². The van der Waals surface area contributed by atoms with Gasteiger partial charge in [0, 0.05) is 6.42 Å². The molecule has 12 nitrogen and oxygen atoms in total. The summed E-state index contributed by atoms with van der Waals surface area (Å²) >= 11 is 0. The van der Waals surface area contributed by atoms with Gasteiger partial charge in [-0.1, -0.05) is 84.0 Å². The number of rotatable bonds is 43. The minimum atomic E-state index is -0.132. The second-order valence-electron chi connectivity index (χ2n) is 11.4. The number of hydrogen-bond donors (Lipinski definition) is 1. The van der Waals surface area contributed by atoms with Gasteiger partial charge < -0.3 is 52.5 Å². The number of unbranched alkanes of at least 4 members (excludes halogenated alkanes) is 12. The van der Waals surface area contributed by atoms with Crippen LogP contribution in [-0.4, -0.2) is 143 Å². The highest BCUT2D eigenvalue weighted by molar-refractivity contribution is 5.69. The molecule has 0 amide bonds. The van der Waals surface area contributed by atoms with E-state index in [0.29, 0.717) is 125 Å². The Bertz CT molecular complexity index is 599. The molecule has 48 heavy (non-hydrogen) atoms. The maximum absolute atomic E-state index is 11.8. The number of aliphatic hydroxyl groups is 1. The Labute approximate surface area is 292 Å². The van der Waals surface area contributed by atoms with Crippen molar-refractivity contribution in [2.75, 3.05) is 132 Å². The lowest BCUT2D eigenvalue weighted by molar-refractivity contribution is -0.145. The summed E-state index contributed by atoms with van der Waals surface area (Å²) in [6.07, 6.45) is 17.3. The first-order valence-electron chi connectivity index (χ1n) is 18.8. The van der Waals surface area contributed by atoms with Gasteiger partial charge in [0.25, 0.3) is 0 Å². The number of hydrogen-bond acceptors (Lipinski definition) is 12. The average Bonchev–Trinajstić information content (AvgIpc) is 3.09. The highest BCUT2D eigenvalue weighted by atomic mass is 16.6. The fourth-order valence-corrected chi connectivity index (χ4v) is 4.50. The van der Waals surface area contributed by atoms with Crippen molar-refractivity contribution in [2.24, 2.45) is 0 Å². The molecule has 0 unspecified atom stereocenters. The van der Waals surface area contributed by atoms with E-state index in [4.69, 9.17) is 52.5 Å². The van der Waals surface area contributed by atoms with Crippen LogP contribution in [0.4, 0.5) is 0 Å². The minimum Gasteiger partial charge on any atom is -0.463 e. The largest absolute Gasteiger partial charge is 0.463 e. The van der Waals surface area contributed by atoms with Gasteiger partial charge in [-0.05, 0) is 6.42 Å². The zero-order valence-corrected chi connectivity index (χ0v) is 30.5. The van der Waals surface area contributed by atoms with Crippen molar-refractivity contribution >= 4 is 5.97 Å². The van der Waals surface area contributed by atoms with Crippen molar-refractivity contribution in [1.82, 2.24) is 0 Å². The minimum absolute atomic E-state index is 0.0248. The maximum Gasteiger partial charge on any atom is 0.305 e. The molecule has 0 aromatic carbocycles. The first kappa shape index (κ1) is 47.1. The van der Waals surface area contributed by atoms with Crippen LogP contribution in [0.25, 0.3) is 0 Å². The van der Waals surface area contributed by atoms with Gasteiger partial charge >= 0.3 is 5.97 Å². The van der Waals surface area contributed by atoms with Crippen LogP contribution in [0.5, 0.6) is 0 Å². The number of esters is 1. The Kier molecular flexibility index (Phi) is 43.2. The third kappa shape index (κ3) is 43.1. The van der Waals surface area contributed by atoms with Gasteiger partial charge in [0.1, 0.15) is 6.61 Å². The third-order valence-electron chi connectivity index (χ3n) is 7.19. The standard InChI is InChI=1S/C36H72O12/c1-2-3-4-5-6-7-8-9-10-11-12-13-14-15-36(38)48-35-34-47-33-32-46-31-30-45-29-28-44-27-26-43-25-24-42-23-22-41-21-20-40-19-18-39-17-16-37/h37H,2-35H2,1H3. The molecule has 0 bridgehead atoms. The summed E-state index contributed by atoms with van der Waals surface area (Å²) in [5, 5.41) is 8.58. The first-order valence-corrected chi connectivity index (χ1v) is 18.8. The second kappa shape index (κ2) is 44.1. The molecule has 0 fully saturated rings. The van der Waals surface area contributed by atoms with Crippen LogP contribution in [-0.2, 0) is 52.2 Å². The lowest BCUT2D eigenvalue weighted by Gasteiger charge is -2.09. The van der Waals surface area contributed by atoms with Crippen molar-refractivity contribution in [3.05, 3.63) is 0 Å². The van der Waals surface area contributed by atoms with Crippen molar-refractivity contribution in [3.8, 4) is 0 Å². The van der Waals surface area contributed by atoms with Crippen LogP contribution in [0.2, 0.25) is 0 Å². The Hall–Kier alpha value is -0.930. The molecule has 0 aliphatic heterocycles. The van der Waals surface area contributed by atoms with E-state index in [9.17, 15) is 4.79 Å². The SMILES string of the molecule is CCCCCCCCCCCCCCCC(=O)OCCOCCOCCOCCOCCOCCOCCOCCOCCOCCO. The molecule has 1 N–H and O–H groups in total. The van der Waals surface area contributed by atoms with E-state index < -0.39 is 0 Å². The van der Waals surface area contributed by atoms with Crippen LogP contribution in [0.1, 0.15) is 96.8 Å². The smallest absolute Gasteiger partial charge is 0.305 e. The predicted octanol–water partition coefficient (Wildman–Crippen LogP) is 5.15. The first-order chi connectivity index (χ1) is 23.8. The molecule has 0 saturated carbocycles. The lowest BCUT2D eigenvalue weighted by Crippen LogP contribution is -2.15. The number of ether oxygens (including phenoxy) is 10. The normalized spacial score (nSPS) is 11.5. The summed E-state index contributed by atoms with van der Waals surface area (Å²) in [6, 6.07) is 0. The van der Waals surface area contributed by atoms with Gasteiger partial charge in [-0.2, -0.15) is 0 Å². The molecule has 0 saturated heterocycles. The Balaban J connectivity index is 3.12. The zero-order valence-electron chi connectivity index (χ0n) is 30.5. The quantitative estimate of drug-likeness (QED) is 0.0669. The van der Waals surface area contributed by atoms with Crippen molar-refractivity contribution in [3.63, 3.8) is 0 Å². The van der Waals surface area contributed by atoms with E-state index in [1.54, 1.807) is 0 Å². The van der Waals surface area contributed by atoms with Crippen molar-refractivity contribution in [1.29, 1.82) is 0 Å². The zero-order chi connectivity index (χ0) is 34.7. The molecule has 0 atom stereocenters. The molecule has 0 aliphatic carbocycles. The molecule has 0 heterocycles. The summed E-state index contributed by atoms with van der Waals surface area (Å²) in [5.41, 5.74) is 0. The average molecular weight is 697 g/mol. The molecule has 0 radical (unpaired) electrons. The van der Waals surface area contributed by atoms with E-state index in [1.165, 1.54) is 70.6 Å². The maximum atomic E-state index is 11.8. The summed E-state index contributed by atoms with van der Waals surface area (Å²) in [7, 11) is 0. The van der Waals surface area contributed by atoms with Crippen LogP contribution < -0.4 is 0 Å². The highest BCUT2D eigenvalue weighted by Gasteiger charge is 2.03. The van der Waals surface area contributed by atoms with Crippen LogP contribution in [0.15, 0.2) is 0 Å². The van der Waals surface area contributed by atoms with Crippen molar-refractivity contribution in [2.45, 2.75) is 96.8 Å². The second-order valence-corrected chi connectivity index (χ2v) is 11.4. The van der Waals surface area contributed by atoms with Crippen LogP contribution in [0.3, 0.4) is 0 Å². The van der Waals surface area contributed by atoms with Gasteiger partial charge in [-0.25, -0.2) is 0 Å². The molecule has 288 valence electrons. The van der Waals surface area contributed by atoms with E-state index in [0.717, 1.165) is 12.8 Å². The molecular weight excluding hydrogens is 624 g/mol. The number of aliphatic hydroxyl groups excluding tert-OH is 1. The Morgan fingerprint density at radius 2 is 0.604 bits per heavy atom. The number of carbonyl (C=O) groups excluding carboxylic acids is 1. The van der Waals surface area contributed by atoms with Gasteiger partial charge in [-0.3, -0.25) is 4.79 Å². The Morgan fingerprint density at radius 3 is 0.896 bits per heavy atom. The molecule has 0 aliphatic rings. The summed E-state index contributed by atoms with van der Waals surface area (Å²) in [5.74, 6) is -0.132. The van der Waals surface area contributed by atoms with Crippen LogP contribution >= 0.6 is 0 Å². The fourth-order valence-electron chi connectivity index (χ4n) is 4.50. The van der Waals surface area contributed by atoms with E-state index in [2.05, 4.69) is 6.92 Å². The van der Waals surface area contributed by atoms with E-state index in [1.807, 2.05) is 0 Å². The summed E-state index contributed by atoms with van der Waals surface area (Å²) < 4.78 is 53.9. The number of carbonyl (C=O) groups is 1. The molecular formula is C36H72O12. The fraction of sp³-hybridized carbons (Fsp3) is 0.972. The lowest BCUT2D eigenvalue weighted by atomic mass is 10.0. The van der Waals surface area contributed by atoms with Crippen LogP contribution in [0, 0.1) is 0 Å². The monoisotopic (exact) mass is 697 g/mol. The van der Waals surface area contributed by atoms with Crippen molar-refractivity contribution < 1.29 is 57.3 Å². The molecule has 0 rings (SSSR count). The highest BCUT2D eigenvalue weighted by Crippen LogP contribution is 2.13. The molecule has 12 heteroatoms. The molecule has 0 aromatic heterocycles.